The van der Waals surface area contributed by atoms with Gasteiger partial charge in [-0.05, 0) is 36.6 Å². The molecule has 1 saturated carbocycles. The third kappa shape index (κ3) is 2.99. The van der Waals surface area contributed by atoms with Crippen molar-refractivity contribution in [2.45, 2.75) is 44.8 Å². The van der Waals surface area contributed by atoms with E-state index in [2.05, 4.69) is 0 Å². The molecule has 1 N–H and O–H groups in total. The van der Waals surface area contributed by atoms with Crippen LogP contribution in [0.2, 0.25) is 0 Å². The smallest absolute Gasteiger partial charge is 0.273 e. The second-order valence-corrected chi connectivity index (χ2v) is 10.7. The van der Waals surface area contributed by atoms with Gasteiger partial charge < -0.3 is 9.84 Å². The van der Waals surface area contributed by atoms with Gasteiger partial charge in [0.25, 0.3) is 10.0 Å². The van der Waals surface area contributed by atoms with E-state index in [1.807, 2.05) is 20.1 Å². The summed E-state index contributed by atoms with van der Waals surface area (Å²) in [5, 5.41) is 9.94. The van der Waals surface area contributed by atoms with Crippen molar-refractivity contribution in [3.8, 4) is 0 Å². The van der Waals surface area contributed by atoms with Gasteiger partial charge in [0.05, 0.1) is 16.2 Å². The molecule has 1 heterocycles. The van der Waals surface area contributed by atoms with Crippen LogP contribution in [0.15, 0.2) is 29.2 Å². The van der Waals surface area contributed by atoms with Gasteiger partial charge >= 0.3 is 0 Å². The van der Waals surface area contributed by atoms with Crippen molar-refractivity contribution in [2.75, 3.05) is 12.2 Å². The Morgan fingerprint density at radius 2 is 1.86 bits per heavy atom. The minimum atomic E-state index is -4.33. The van der Waals surface area contributed by atoms with Crippen molar-refractivity contribution < 1.29 is 27.9 Å². The molecule has 3 rings (SSSR count). The van der Waals surface area contributed by atoms with Gasteiger partial charge in [-0.15, -0.1) is 11.8 Å². The third-order valence-corrected chi connectivity index (χ3v) is 8.49. The zero-order valence-electron chi connectivity index (χ0n) is 16.3. The zero-order chi connectivity index (χ0) is 20.9. The highest BCUT2D eigenvalue weighted by Crippen LogP contribution is 2.60. The summed E-state index contributed by atoms with van der Waals surface area (Å²) in [6, 6.07) is 5.38. The van der Waals surface area contributed by atoms with E-state index in [9.17, 15) is 23.1 Å². The van der Waals surface area contributed by atoms with Gasteiger partial charge in [0.2, 0.25) is 11.8 Å². The first-order valence-corrected chi connectivity index (χ1v) is 11.8. The fourth-order valence-electron chi connectivity index (χ4n) is 4.15. The number of amides is 2. The molecular formula is C19H25NO6S2. The molecule has 1 aromatic carbocycles. The fraction of sp³-hybridized carbons (Fsp3) is 0.579. The Morgan fingerprint density at radius 3 is 2.43 bits per heavy atom. The number of hydrogen-bond acceptors (Lipinski definition) is 7. The molecule has 1 aromatic rings. The predicted octanol–water partition coefficient (Wildman–Crippen LogP) is 2.51. The van der Waals surface area contributed by atoms with E-state index in [1.54, 1.807) is 6.92 Å². The van der Waals surface area contributed by atoms with Crippen molar-refractivity contribution >= 4 is 33.6 Å². The van der Waals surface area contributed by atoms with Gasteiger partial charge in [0, 0.05) is 11.5 Å². The van der Waals surface area contributed by atoms with Crippen molar-refractivity contribution in [1.29, 1.82) is 0 Å². The monoisotopic (exact) mass is 427 g/mol. The standard InChI is InChI=1S/C19H25NO6S2/c1-18(2)14-9-10-19(18,3)17(23)20(15(14)21)28(24,25)13-7-5-12(6-8-13)16(22)26-11-27-4/h5-8,14,16,22H,9-11H2,1-4H3. The van der Waals surface area contributed by atoms with Crippen molar-refractivity contribution in [3.63, 3.8) is 0 Å². The molecule has 1 aliphatic heterocycles. The van der Waals surface area contributed by atoms with E-state index in [-0.39, 0.29) is 10.8 Å². The molecule has 3 atom stereocenters. The molecule has 1 aliphatic carbocycles. The second-order valence-electron chi connectivity index (χ2n) is 8.05. The molecular weight excluding hydrogens is 402 g/mol. The lowest BCUT2D eigenvalue weighted by Gasteiger charge is -2.46. The van der Waals surface area contributed by atoms with E-state index >= 15 is 0 Å². The van der Waals surface area contributed by atoms with Crippen LogP contribution in [0.1, 0.15) is 45.5 Å². The lowest BCUT2D eigenvalue weighted by atomic mass is 9.63. The Hall–Kier alpha value is -1.42. The van der Waals surface area contributed by atoms with Crippen LogP contribution in [0, 0.1) is 16.7 Å². The number of piperidine rings is 1. The number of carbonyl (C=O) groups excluding carboxylic acids is 2. The van der Waals surface area contributed by atoms with Crippen LogP contribution in [0.25, 0.3) is 0 Å². The van der Waals surface area contributed by atoms with E-state index in [4.69, 9.17) is 4.74 Å². The minimum Gasteiger partial charge on any atom is -0.364 e. The molecule has 2 amide bonds. The average molecular weight is 428 g/mol. The summed E-state index contributed by atoms with van der Waals surface area (Å²) in [5.74, 6) is -1.54. The van der Waals surface area contributed by atoms with Crippen LogP contribution in [-0.2, 0) is 24.3 Å². The van der Waals surface area contributed by atoms with Crippen LogP contribution < -0.4 is 0 Å². The largest absolute Gasteiger partial charge is 0.364 e. The van der Waals surface area contributed by atoms with Gasteiger partial charge in [-0.1, -0.05) is 32.9 Å². The van der Waals surface area contributed by atoms with Crippen LogP contribution in [-0.4, -0.2) is 41.8 Å². The van der Waals surface area contributed by atoms with E-state index in [0.29, 0.717) is 22.7 Å². The Bertz CT molecular complexity index is 896. The maximum absolute atomic E-state index is 13.1. The normalized spacial score (nSPS) is 27.9. The second kappa shape index (κ2) is 7.12. The summed E-state index contributed by atoms with van der Waals surface area (Å²) in [6.45, 7) is 5.46. The van der Waals surface area contributed by atoms with Gasteiger partial charge in [0.1, 0.15) is 0 Å². The van der Waals surface area contributed by atoms with E-state index < -0.39 is 44.9 Å². The SMILES string of the molecule is CSCOC(O)c1ccc(S(=O)(=O)N2C(=O)C3CCC(C)(C2=O)C3(C)C)cc1. The fourth-order valence-corrected chi connectivity index (χ4v) is 5.89. The number of carbonyl (C=O) groups is 2. The van der Waals surface area contributed by atoms with Crippen LogP contribution in [0.4, 0.5) is 0 Å². The Morgan fingerprint density at radius 1 is 1.25 bits per heavy atom. The first-order chi connectivity index (χ1) is 13.0. The highest BCUT2D eigenvalue weighted by atomic mass is 32.2. The maximum Gasteiger partial charge on any atom is 0.273 e. The van der Waals surface area contributed by atoms with E-state index in [0.717, 1.165) is 0 Å². The minimum absolute atomic E-state index is 0.169. The Balaban J connectivity index is 1.93. The van der Waals surface area contributed by atoms with Gasteiger partial charge in [-0.3, -0.25) is 9.59 Å². The molecule has 2 aliphatic rings. The molecule has 154 valence electrons. The van der Waals surface area contributed by atoms with E-state index in [1.165, 1.54) is 36.0 Å². The number of benzene rings is 1. The number of fused-ring (bicyclic) bond motifs is 2. The predicted molar refractivity (Wildman–Crippen MR) is 105 cm³/mol. The lowest BCUT2D eigenvalue weighted by molar-refractivity contribution is -0.160. The number of hydrogen-bond donors (Lipinski definition) is 1. The molecule has 7 nitrogen and oxygen atoms in total. The van der Waals surface area contributed by atoms with Crippen LogP contribution >= 0.6 is 11.8 Å². The number of nitrogens with zero attached hydrogens (tertiary/aromatic N) is 1. The number of imide groups is 1. The summed E-state index contributed by atoms with van der Waals surface area (Å²) < 4.78 is 31.9. The summed E-state index contributed by atoms with van der Waals surface area (Å²) in [4.78, 5) is 25.9. The number of aliphatic hydroxyl groups is 1. The first-order valence-electron chi connectivity index (χ1n) is 9.00. The van der Waals surface area contributed by atoms with Gasteiger partial charge in [0.15, 0.2) is 6.29 Å². The molecule has 0 spiro atoms. The summed E-state index contributed by atoms with van der Waals surface area (Å²) in [5.41, 5.74) is -1.10. The van der Waals surface area contributed by atoms with Crippen molar-refractivity contribution in [3.05, 3.63) is 29.8 Å². The van der Waals surface area contributed by atoms with Crippen molar-refractivity contribution in [2.24, 2.45) is 16.7 Å². The van der Waals surface area contributed by atoms with Gasteiger partial charge in [-0.2, -0.15) is 4.31 Å². The molecule has 0 radical (unpaired) electrons. The van der Waals surface area contributed by atoms with Crippen LogP contribution in [0.5, 0.6) is 0 Å². The molecule has 28 heavy (non-hydrogen) atoms. The zero-order valence-corrected chi connectivity index (χ0v) is 18.0. The molecule has 1 saturated heterocycles. The first kappa shape index (κ1) is 21.3. The highest BCUT2D eigenvalue weighted by molar-refractivity contribution is 7.98. The Kier molecular flexibility index (Phi) is 5.42. The number of sulfonamides is 1. The average Bonchev–Trinajstić information content (AvgIpc) is 2.82. The number of ether oxygens (including phenoxy) is 1. The molecule has 2 bridgehead atoms. The number of thioether (sulfide) groups is 1. The number of rotatable bonds is 6. The quantitative estimate of drug-likeness (QED) is 0.550. The molecule has 2 fully saturated rings. The van der Waals surface area contributed by atoms with Crippen molar-refractivity contribution in [1.82, 2.24) is 4.31 Å². The number of aliphatic hydroxyl groups excluding tert-OH is 1. The highest BCUT2D eigenvalue weighted by Gasteiger charge is 2.66. The third-order valence-electron chi connectivity index (χ3n) is 6.43. The van der Waals surface area contributed by atoms with Crippen LogP contribution in [0.3, 0.4) is 0 Å². The Labute approximate surface area is 169 Å². The summed E-state index contributed by atoms with van der Waals surface area (Å²) in [6.07, 6.45) is 1.62. The lowest BCUT2D eigenvalue weighted by Crippen LogP contribution is -2.60. The molecule has 9 heteroatoms. The topological polar surface area (TPSA) is 101 Å². The molecule has 0 aromatic heterocycles. The van der Waals surface area contributed by atoms with Gasteiger partial charge in [-0.25, -0.2) is 8.42 Å². The molecule has 3 unspecified atom stereocenters. The maximum atomic E-state index is 13.1. The summed E-state index contributed by atoms with van der Waals surface area (Å²) in [7, 11) is -4.33. The summed E-state index contributed by atoms with van der Waals surface area (Å²) >= 11 is 1.40.